The Labute approximate surface area is 178 Å². The molecule has 6 nitrogen and oxygen atoms in total. The summed E-state index contributed by atoms with van der Waals surface area (Å²) in [5.74, 6) is 0.512. The fourth-order valence-electron chi connectivity index (χ4n) is 3.97. The smallest absolute Gasteiger partial charge is 0.246 e. The highest BCUT2D eigenvalue weighted by Gasteiger charge is 2.34. The van der Waals surface area contributed by atoms with Crippen molar-refractivity contribution in [3.8, 4) is 0 Å². The standard InChI is InChI=1S/C24H30N4O2/c1-17-4-6-20(7-5-17)16-28-19(3)22(18(2)25-28)10-11-23(29)26-12-14-27(15-13-26)24(30)21-8-9-21/h4-7,10-11,21H,8-9,12-16H2,1-3H3/b11-10+. The van der Waals surface area contributed by atoms with Crippen LogP contribution < -0.4 is 0 Å². The number of hydrogen-bond acceptors (Lipinski definition) is 3. The van der Waals surface area contributed by atoms with Crippen LogP contribution in [0.25, 0.3) is 6.08 Å². The van der Waals surface area contributed by atoms with E-state index >= 15 is 0 Å². The molecule has 0 N–H and O–H groups in total. The number of aromatic nitrogens is 2. The Hall–Kier alpha value is -2.89. The number of rotatable bonds is 5. The number of benzene rings is 1. The zero-order valence-corrected chi connectivity index (χ0v) is 18.1. The summed E-state index contributed by atoms with van der Waals surface area (Å²) in [6.45, 7) is 9.30. The number of aryl methyl sites for hydroxylation is 2. The van der Waals surface area contributed by atoms with Gasteiger partial charge < -0.3 is 9.80 Å². The number of piperazine rings is 1. The van der Waals surface area contributed by atoms with Crippen LogP contribution in [0.5, 0.6) is 0 Å². The van der Waals surface area contributed by atoms with Crippen molar-refractivity contribution >= 4 is 17.9 Å². The molecule has 0 unspecified atom stereocenters. The van der Waals surface area contributed by atoms with E-state index in [0.29, 0.717) is 32.7 Å². The molecule has 1 saturated heterocycles. The molecule has 0 spiro atoms. The van der Waals surface area contributed by atoms with Crippen molar-refractivity contribution in [1.82, 2.24) is 19.6 Å². The summed E-state index contributed by atoms with van der Waals surface area (Å²) < 4.78 is 1.99. The van der Waals surface area contributed by atoms with Crippen LogP contribution in [0, 0.1) is 26.7 Å². The van der Waals surface area contributed by atoms with Crippen LogP contribution in [0.4, 0.5) is 0 Å². The van der Waals surface area contributed by atoms with Crippen molar-refractivity contribution in [2.75, 3.05) is 26.2 Å². The molecule has 1 aromatic heterocycles. The Morgan fingerprint density at radius 3 is 2.27 bits per heavy atom. The van der Waals surface area contributed by atoms with Crippen LogP contribution in [0.2, 0.25) is 0 Å². The van der Waals surface area contributed by atoms with E-state index < -0.39 is 0 Å². The lowest BCUT2D eigenvalue weighted by Crippen LogP contribution is -2.50. The van der Waals surface area contributed by atoms with Crippen molar-refractivity contribution in [2.45, 2.75) is 40.2 Å². The normalized spacial score (nSPS) is 17.0. The van der Waals surface area contributed by atoms with E-state index in [0.717, 1.165) is 29.8 Å². The molecule has 0 bridgehead atoms. The van der Waals surface area contributed by atoms with E-state index in [1.807, 2.05) is 34.4 Å². The van der Waals surface area contributed by atoms with Gasteiger partial charge in [0, 0.05) is 49.4 Å². The molecule has 0 atom stereocenters. The first-order valence-electron chi connectivity index (χ1n) is 10.8. The van der Waals surface area contributed by atoms with Crippen molar-refractivity contribution < 1.29 is 9.59 Å². The molecule has 4 rings (SSSR count). The molecule has 158 valence electrons. The lowest BCUT2D eigenvalue weighted by Gasteiger charge is -2.34. The van der Waals surface area contributed by atoms with Gasteiger partial charge in [0.1, 0.15) is 0 Å². The van der Waals surface area contributed by atoms with Gasteiger partial charge in [-0.05, 0) is 45.3 Å². The fraction of sp³-hybridized carbons (Fsp3) is 0.458. The quantitative estimate of drug-likeness (QED) is 0.718. The zero-order valence-electron chi connectivity index (χ0n) is 18.1. The van der Waals surface area contributed by atoms with Gasteiger partial charge >= 0.3 is 0 Å². The van der Waals surface area contributed by atoms with Crippen molar-refractivity contribution in [1.29, 1.82) is 0 Å². The summed E-state index contributed by atoms with van der Waals surface area (Å²) in [5.41, 5.74) is 5.42. The lowest BCUT2D eigenvalue weighted by atomic mass is 10.1. The second-order valence-corrected chi connectivity index (χ2v) is 8.49. The average Bonchev–Trinajstić information content (AvgIpc) is 3.56. The third-order valence-electron chi connectivity index (χ3n) is 6.11. The maximum Gasteiger partial charge on any atom is 0.246 e. The van der Waals surface area contributed by atoms with Crippen LogP contribution in [-0.4, -0.2) is 57.6 Å². The summed E-state index contributed by atoms with van der Waals surface area (Å²) >= 11 is 0. The maximum absolute atomic E-state index is 12.7. The van der Waals surface area contributed by atoms with Crippen LogP contribution in [0.1, 0.15) is 40.9 Å². The molecule has 6 heteroatoms. The highest BCUT2D eigenvalue weighted by atomic mass is 16.2. The monoisotopic (exact) mass is 406 g/mol. The van der Waals surface area contributed by atoms with E-state index in [4.69, 9.17) is 0 Å². The molecule has 0 radical (unpaired) electrons. The Morgan fingerprint density at radius 1 is 1.00 bits per heavy atom. The predicted molar refractivity (Wildman–Crippen MR) is 117 cm³/mol. The first kappa shape index (κ1) is 20.4. The molecule has 30 heavy (non-hydrogen) atoms. The Bertz CT molecular complexity index is 962. The Morgan fingerprint density at radius 2 is 1.63 bits per heavy atom. The zero-order chi connectivity index (χ0) is 21.3. The first-order valence-corrected chi connectivity index (χ1v) is 10.8. The van der Waals surface area contributed by atoms with Gasteiger partial charge in [-0.25, -0.2) is 0 Å². The number of carbonyl (C=O) groups is 2. The van der Waals surface area contributed by atoms with E-state index in [2.05, 4.69) is 36.3 Å². The summed E-state index contributed by atoms with van der Waals surface area (Å²) in [5, 5.41) is 4.67. The SMILES string of the molecule is Cc1ccc(Cn2nc(C)c(/C=C/C(=O)N3CCN(C(=O)C4CC4)CC3)c2C)cc1. The van der Waals surface area contributed by atoms with Gasteiger partial charge in [0.05, 0.1) is 12.2 Å². The topological polar surface area (TPSA) is 58.4 Å². The van der Waals surface area contributed by atoms with Crippen LogP contribution in [0.15, 0.2) is 30.3 Å². The maximum atomic E-state index is 12.7. The molecule has 1 saturated carbocycles. The molecular formula is C24H30N4O2. The third-order valence-corrected chi connectivity index (χ3v) is 6.11. The summed E-state index contributed by atoms with van der Waals surface area (Å²) in [6.07, 6.45) is 5.58. The van der Waals surface area contributed by atoms with Gasteiger partial charge in [-0.1, -0.05) is 29.8 Å². The molecule has 2 aliphatic rings. The average molecular weight is 407 g/mol. The molecular weight excluding hydrogens is 376 g/mol. The lowest BCUT2D eigenvalue weighted by molar-refractivity contribution is -0.138. The Kier molecular flexibility index (Phi) is 5.75. The highest BCUT2D eigenvalue weighted by Crippen LogP contribution is 2.31. The van der Waals surface area contributed by atoms with Gasteiger partial charge in [0.2, 0.25) is 11.8 Å². The van der Waals surface area contributed by atoms with Gasteiger partial charge in [-0.3, -0.25) is 14.3 Å². The minimum Gasteiger partial charge on any atom is -0.339 e. The molecule has 2 amide bonds. The van der Waals surface area contributed by atoms with Gasteiger partial charge in [-0.2, -0.15) is 5.10 Å². The van der Waals surface area contributed by atoms with Gasteiger partial charge in [-0.15, -0.1) is 0 Å². The predicted octanol–water partition coefficient (Wildman–Crippen LogP) is 2.95. The minimum absolute atomic E-state index is 0.00129. The number of carbonyl (C=O) groups excluding carboxylic acids is 2. The van der Waals surface area contributed by atoms with Crippen LogP contribution in [-0.2, 0) is 16.1 Å². The molecule has 1 aliphatic heterocycles. The molecule has 1 aliphatic carbocycles. The van der Waals surface area contributed by atoms with Crippen LogP contribution in [0.3, 0.4) is 0 Å². The summed E-state index contributed by atoms with van der Waals surface area (Å²) in [7, 11) is 0. The fourth-order valence-corrected chi connectivity index (χ4v) is 3.97. The summed E-state index contributed by atoms with van der Waals surface area (Å²) in [4.78, 5) is 28.6. The second kappa shape index (κ2) is 8.46. The molecule has 2 fully saturated rings. The minimum atomic E-state index is -0.00129. The number of amides is 2. The van der Waals surface area contributed by atoms with Crippen molar-refractivity contribution in [2.24, 2.45) is 5.92 Å². The van der Waals surface area contributed by atoms with Gasteiger partial charge in [0.15, 0.2) is 0 Å². The van der Waals surface area contributed by atoms with E-state index in [9.17, 15) is 9.59 Å². The largest absolute Gasteiger partial charge is 0.339 e. The molecule has 2 heterocycles. The second-order valence-electron chi connectivity index (χ2n) is 8.49. The van der Waals surface area contributed by atoms with Gasteiger partial charge in [0.25, 0.3) is 0 Å². The third kappa shape index (κ3) is 4.48. The van der Waals surface area contributed by atoms with Crippen molar-refractivity contribution in [3.05, 3.63) is 58.4 Å². The summed E-state index contributed by atoms with van der Waals surface area (Å²) in [6, 6.07) is 8.47. The van der Waals surface area contributed by atoms with Crippen molar-refractivity contribution in [3.63, 3.8) is 0 Å². The first-order chi connectivity index (χ1) is 14.4. The van der Waals surface area contributed by atoms with E-state index in [1.165, 1.54) is 11.1 Å². The van der Waals surface area contributed by atoms with E-state index in [-0.39, 0.29) is 17.7 Å². The molecule has 2 aromatic rings. The Balaban J connectivity index is 1.37. The van der Waals surface area contributed by atoms with E-state index in [1.54, 1.807) is 6.08 Å². The van der Waals surface area contributed by atoms with Crippen LogP contribution >= 0.6 is 0 Å². The number of nitrogens with zero attached hydrogens (tertiary/aromatic N) is 4. The molecule has 1 aromatic carbocycles. The highest BCUT2D eigenvalue weighted by molar-refractivity contribution is 5.92. The number of hydrogen-bond donors (Lipinski definition) is 0.